The first-order valence-corrected chi connectivity index (χ1v) is 7.56. The zero-order valence-corrected chi connectivity index (χ0v) is 13.1. The van der Waals surface area contributed by atoms with Gasteiger partial charge < -0.3 is 15.4 Å². The fraction of sp³-hybridized carbons (Fsp3) is 0.625. The van der Waals surface area contributed by atoms with Crippen molar-refractivity contribution in [3.05, 3.63) is 30.1 Å². The quantitative estimate of drug-likeness (QED) is 0.895. The topological polar surface area (TPSA) is 63.2 Å². The second-order valence-electron chi connectivity index (χ2n) is 6.53. The van der Waals surface area contributed by atoms with Gasteiger partial charge in [-0.15, -0.1) is 0 Å². The van der Waals surface area contributed by atoms with Crippen molar-refractivity contribution >= 4 is 6.09 Å². The lowest BCUT2D eigenvalue weighted by Gasteiger charge is -2.25. The minimum atomic E-state index is -0.457. The summed E-state index contributed by atoms with van der Waals surface area (Å²) >= 11 is 0. The van der Waals surface area contributed by atoms with E-state index in [4.69, 9.17) is 4.74 Å². The number of nitrogens with one attached hydrogen (secondary N) is 2. The van der Waals surface area contributed by atoms with E-state index in [9.17, 15) is 4.79 Å². The van der Waals surface area contributed by atoms with Gasteiger partial charge >= 0.3 is 6.09 Å². The minimum absolute atomic E-state index is 0.136. The summed E-state index contributed by atoms with van der Waals surface area (Å²) in [5.74, 6) is 0. The average Bonchev–Trinajstić information content (AvgIpc) is 2.82. The summed E-state index contributed by atoms with van der Waals surface area (Å²) in [6, 6.07) is 4.40. The van der Waals surface area contributed by atoms with Gasteiger partial charge in [0, 0.05) is 31.0 Å². The Labute approximate surface area is 126 Å². The maximum absolute atomic E-state index is 11.9. The van der Waals surface area contributed by atoms with E-state index in [0.717, 1.165) is 31.4 Å². The number of pyridine rings is 1. The van der Waals surface area contributed by atoms with Gasteiger partial charge in [0.25, 0.3) is 0 Å². The highest BCUT2D eigenvalue weighted by Gasteiger charge is 2.29. The van der Waals surface area contributed by atoms with Gasteiger partial charge in [0.1, 0.15) is 5.60 Å². The molecule has 0 saturated heterocycles. The van der Waals surface area contributed by atoms with Crippen molar-refractivity contribution in [3.63, 3.8) is 0 Å². The average molecular weight is 291 g/mol. The number of aromatic nitrogens is 1. The summed E-state index contributed by atoms with van der Waals surface area (Å²) in [4.78, 5) is 16.0. The summed E-state index contributed by atoms with van der Waals surface area (Å²) < 4.78 is 5.32. The molecule has 116 valence electrons. The number of nitrogens with zero attached hydrogens (tertiary/aromatic N) is 1. The Kier molecular flexibility index (Phi) is 5.17. The van der Waals surface area contributed by atoms with Crippen LogP contribution in [0.3, 0.4) is 0 Å². The molecule has 5 nitrogen and oxygen atoms in total. The van der Waals surface area contributed by atoms with Gasteiger partial charge in [0.2, 0.25) is 0 Å². The molecule has 1 aromatic heterocycles. The van der Waals surface area contributed by atoms with Crippen molar-refractivity contribution in [2.45, 2.75) is 64.3 Å². The van der Waals surface area contributed by atoms with E-state index >= 15 is 0 Å². The Balaban J connectivity index is 1.81. The third-order valence-corrected chi connectivity index (χ3v) is 3.51. The van der Waals surface area contributed by atoms with Crippen molar-refractivity contribution in [3.8, 4) is 0 Å². The zero-order valence-electron chi connectivity index (χ0n) is 13.1. The van der Waals surface area contributed by atoms with Crippen molar-refractivity contribution < 1.29 is 9.53 Å². The summed E-state index contributed by atoms with van der Waals surface area (Å²) in [7, 11) is 0. The number of rotatable bonds is 4. The first kappa shape index (κ1) is 15.8. The lowest BCUT2D eigenvalue weighted by Crippen LogP contribution is -2.47. The van der Waals surface area contributed by atoms with Crippen LogP contribution in [0.1, 0.15) is 45.6 Å². The molecule has 2 N–H and O–H groups in total. The Morgan fingerprint density at radius 2 is 2.14 bits per heavy atom. The first-order chi connectivity index (χ1) is 9.94. The predicted octanol–water partition coefficient (Wildman–Crippen LogP) is 2.62. The molecule has 0 aliphatic heterocycles. The van der Waals surface area contributed by atoms with Gasteiger partial charge in [-0.1, -0.05) is 6.07 Å². The van der Waals surface area contributed by atoms with Gasteiger partial charge in [-0.25, -0.2) is 4.79 Å². The molecule has 1 saturated carbocycles. The molecule has 1 heterocycles. The molecule has 1 amide bonds. The second-order valence-corrected chi connectivity index (χ2v) is 6.53. The van der Waals surface area contributed by atoms with Crippen LogP contribution in [0.15, 0.2) is 24.5 Å². The van der Waals surface area contributed by atoms with Crippen molar-refractivity contribution in [2.75, 3.05) is 0 Å². The maximum Gasteiger partial charge on any atom is 0.407 e. The second kappa shape index (κ2) is 6.89. The third kappa shape index (κ3) is 5.34. The smallest absolute Gasteiger partial charge is 0.407 e. The Bertz CT molecular complexity index is 456. The van der Waals surface area contributed by atoms with Crippen LogP contribution in [-0.2, 0) is 11.3 Å². The predicted molar refractivity (Wildman–Crippen MR) is 81.9 cm³/mol. The Hall–Kier alpha value is -1.62. The summed E-state index contributed by atoms with van der Waals surface area (Å²) in [6.45, 7) is 6.39. The summed E-state index contributed by atoms with van der Waals surface area (Å²) in [5.41, 5.74) is 0.696. The van der Waals surface area contributed by atoms with Crippen LogP contribution in [0.25, 0.3) is 0 Å². The molecule has 1 aliphatic rings. The number of ether oxygens (including phenoxy) is 1. The van der Waals surface area contributed by atoms with Crippen LogP contribution < -0.4 is 10.6 Å². The van der Waals surface area contributed by atoms with Crippen molar-refractivity contribution in [2.24, 2.45) is 0 Å². The monoisotopic (exact) mass is 291 g/mol. The highest BCUT2D eigenvalue weighted by molar-refractivity contribution is 5.68. The molecule has 0 unspecified atom stereocenters. The third-order valence-electron chi connectivity index (χ3n) is 3.51. The van der Waals surface area contributed by atoms with Crippen LogP contribution in [-0.4, -0.2) is 28.8 Å². The van der Waals surface area contributed by atoms with Crippen LogP contribution in [0.5, 0.6) is 0 Å². The molecule has 0 aromatic carbocycles. The molecule has 0 bridgehead atoms. The zero-order chi connectivity index (χ0) is 15.3. The van der Waals surface area contributed by atoms with E-state index in [1.54, 1.807) is 6.20 Å². The number of carbonyl (C=O) groups excluding carboxylic acids is 1. The van der Waals surface area contributed by atoms with E-state index in [1.807, 2.05) is 39.1 Å². The van der Waals surface area contributed by atoms with Crippen LogP contribution >= 0.6 is 0 Å². The van der Waals surface area contributed by atoms with E-state index in [2.05, 4.69) is 15.6 Å². The normalized spacial score (nSPS) is 22.0. The van der Waals surface area contributed by atoms with E-state index in [1.165, 1.54) is 0 Å². The SMILES string of the molecule is CC(C)(C)OC(=O)N[C@H]1CCC[C@@H]1NCc1cccnc1. The van der Waals surface area contributed by atoms with Crippen LogP contribution in [0.2, 0.25) is 0 Å². The molecule has 1 aliphatic carbocycles. The number of hydrogen-bond donors (Lipinski definition) is 2. The van der Waals surface area contributed by atoms with Crippen LogP contribution in [0.4, 0.5) is 4.79 Å². The maximum atomic E-state index is 11.9. The van der Waals surface area contributed by atoms with Gasteiger partial charge in [-0.2, -0.15) is 0 Å². The standard InChI is InChI=1S/C16H25N3O2/c1-16(2,3)21-15(20)19-14-8-4-7-13(14)18-11-12-6-5-9-17-10-12/h5-6,9-10,13-14,18H,4,7-8,11H2,1-3H3,(H,19,20)/t13-,14-/m0/s1. The van der Waals surface area contributed by atoms with Crippen molar-refractivity contribution in [1.29, 1.82) is 0 Å². The summed E-state index contributed by atoms with van der Waals surface area (Å²) in [6.07, 6.45) is 6.47. The molecule has 0 radical (unpaired) electrons. The fourth-order valence-electron chi connectivity index (χ4n) is 2.59. The van der Waals surface area contributed by atoms with Gasteiger partial charge in [0.15, 0.2) is 0 Å². The first-order valence-electron chi connectivity index (χ1n) is 7.56. The molecule has 0 spiro atoms. The largest absolute Gasteiger partial charge is 0.444 e. The van der Waals surface area contributed by atoms with E-state index in [0.29, 0.717) is 0 Å². The number of carbonyl (C=O) groups is 1. The van der Waals surface area contributed by atoms with Gasteiger partial charge in [-0.05, 0) is 51.7 Å². The molecule has 2 atom stereocenters. The van der Waals surface area contributed by atoms with Crippen molar-refractivity contribution in [1.82, 2.24) is 15.6 Å². The van der Waals surface area contributed by atoms with Gasteiger partial charge in [-0.3, -0.25) is 4.98 Å². The molecule has 1 aromatic rings. The van der Waals surface area contributed by atoms with Crippen LogP contribution in [0, 0.1) is 0 Å². The highest BCUT2D eigenvalue weighted by Crippen LogP contribution is 2.20. The van der Waals surface area contributed by atoms with E-state index < -0.39 is 5.60 Å². The molecule has 5 heteroatoms. The Morgan fingerprint density at radius 3 is 2.81 bits per heavy atom. The summed E-state index contributed by atoms with van der Waals surface area (Å²) in [5, 5.41) is 6.49. The van der Waals surface area contributed by atoms with Gasteiger partial charge in [0.05, 0.1) is 0 Å². The molecule has 21 heavy (non-hydrogen) atoms. The minimum Gasteiger partial charge on any atom is -0.444 e. The highest BCUT2D eigenvalue weighted by atomic mass is 16.6. The lowest BCUT2D eigenvalue weighted by molar-refractivity contribution is 0.0498. The number of hydrogen-bond acceptors (Lipinski definition) is 4. The lowest BCUT2D eigenvalue weighted by atomic mass is 10.1. The molecule has 1 fully saturated rings. The number of amides is 1. The Morgan fingerprint density at radius 1 is 1.38 bits per heavy atom. The molecular formula is C16H25N3O2. The van der Waals surface area contributed by atoms with E-state index in [-0.39, 0.29) is 18.2 Å². The molecule has 2 rings (SSSR count). The molecular weight excluding hydrogens is 266 g/mol. The number of alkyl carbamates (subject to hydrolysis) is 1. The fourth-order valence-corrected chi connectivity index (χ4v) is 2.59.